The van der Waals surface area contributed by atoms with Crippen LogP contribution in [0.2, 0.25) is 0 Å². The van der Waals surface area contributed by atoms with E-state index in [-0.39, 0.29) is 5.78 Å². The Kier molecular flexibility index (Phi) is 6.40. The Labute approximate surface area is 192 Å². The highest BCUT2D eigenvalue weighted by atomic mass is 16.3. The zero-order valence-electron chi connectivity index (χ0n) is 18.9. The Morgan fingerprint density at radius 3 is 2.30 bits per heavy atom. The Morgan fingerprint density at radius 1 is 1.06 bits per heavy atom. The monoisotopic (exact) mass is 439 g/mol. The molecule has 0 aliphatic carbocycles. The van der Waals surface area contributed by atoms with Crippen molar-refractivity contribution in [2.45, 2.75) is 27.3 Å². The third-order valence-electron chi connectivity index (χ3n) is 5.42. The zero-order chi connectivity index (χ0) is 23.4. The number of rotatable bonds is 8. The average molecular weight is 440 g/mol. The first kappa shape index (κ1) is 22.1. The first-order chi connectivity index (χ1) is 16.0. The maximum atomic E-state index is 12.0. The summed E-state index contributed by atoms with van der Waals surface area (Å²) in [5.74, 6) is 0.0120. The van der Waals surface area contributed by atoms with Crippen LogP contribution in [0.15, 0.2) is 71.9 Å². The standard InChI is InChI=1S/C26H25N5O2/c1-4-30(22-13-11-20(12-14-22)10-9-19(3)32)17-21-15-18(2)16-25(26(21)29-33)31-27-23-7-5-6-8-24(23)28-31/h5-16H,4,17H2,1-3H3/b10-9+. The number of hydrogen-bond donors (Lipinski definition) is 0. The van der Waals surface area contributed by atoms with Gasteiger partial charge < -0.3 is 4.90 Å². The molecule has 0 fully saturated rings. The van der Waals surface area contributed by atoms with E-state index in [0.717, 1.165) is 40.0 Å². The minimum absolute atomic E-state index is 0.0120. The lowest BCUT2D eigenvalue weighted by molar-refractivity contribution is -0.112. The molecule has 0 amide bonds. The van der Waals surface area contributed by atoms with E-state index in [1.54, 1.807) is 12.2 Å². The smallest absolute Gasteiger partial charge is 0.152 e. The molecule has 1 aromatic heterocycles. The van der Waals surface area contributed by atoms with E-state index in [4.69, 9.17) is 0 Å². The quantitative estimate of drug-likeness (QED) is 0.258. The second-order valence-electron chi connectivity index (χ2n) is 7.91. The second-order valence-corrected chi connectivity index (χ2v) is 7.91. The summed E-state index contributed by atoms with van der Waals surface area (Å²) in [5.41, 5.74) is 6.18. The number of carbonyl (C=O) groups is 1. The number of aryl methyl sites for hydroxylation is 1. The van der Waals surface area contributed by atoms with Gasteiger partial charge in [-0.1, -0.05) is 36.4 Å². The SMILES string of the molecule is CCN(Cc1cc(C)cc(-n2nc3ccccc3n2)c1N=O)c1ccc(/C=C/C(C)=O)cc1. The maximum absolute atomic E-state index is 12.0. The van der Waals surface area contributed by atoms with E-state index in [1.807, 2.05) is 67.6 Å². The number of aromatic nitrogens is 3. The van der Waals surface area contributed by atoms with Crippen LogP contribution in [0.5, 0.6) is 0 Å². The van der Waals surface area contributed by atoms with E-state index in [9.17, 15) is 9.70 Å². The van der Waals surface area contributed by atoms with Crippen molar-refractivity contribution in [3.8, 4) is 5.69 Å². The number of fused-ring (bicyclic) bond motifs is 1. The molecule has 0 aliphatic heterocycles. The van der Waals surface area contributed by atoms with Gasteiger partial charge in [-0.25, -0.2) is 0 Å². The summed E-state index contributed by atoms with van der Waals surface area (Å²) in [7, 11) is 0. The van der Waals surface area contributed by atoms with Crippen molar-refractivity contribution in [1.29, 1.82) is 0 Å². The average Bonchev–Trinajstić information content (AvgIpc) is 3.25. The molecule has 0 spiro atoms. The highest BCUT2D eigenvalue weighted by molar-refractivity contribution is 5.91. The van der Waals surface area contributed by atoms with E-state index < -0.39 is 0 Å². The van der Waals surface area contributed by atoms with Gasteiger partial charge in [0, 0.05) is 24.3 Å². The molecule has 7 nitrogen and oxygen atoms in total. The molecule has 0 N–H and O–H groups in total. The molecule has 33 heavy (non-hydrogen) atoms. The van der Waals surface area contributed by atoms with Crippen molar-refractivity contribution in [3.63, 3.8) is 0 Å². The van der Waals surface area contributed by atoms with Crippen LogP contribution >= 0.6 is 0 Å². The fourth-order valence-corrected chi connectivity index (χ4v) is 3.78. The summed E-state index contributed by atoms with van der Waals surface area (Å²) >= 11 is 0. The molecule has 7 heteroatoms. The van der Waals surface area contributed by atoms with Crippen LogP contribution in [-0.4, -0.2) is 27.3 Å². The van der Waals surface area contributed by atoms with Crippen molar-refractivity contribution in [2.75, 3.05) is 11.4 Å². The number of nitrogens with zero attached hydrogens (tertiary/aromatic N) is 5. The molecule has 1 heterocycles. The van der Waals surface area contributed by atoms with Crippen molar-refractivity contribution in [1.82, 2.24) is 15.0 Å². The number of allylic oxidation sites excluding steroid dienone is 1. The van der Waals surface area contributed by atoms with Gasteiger partial charge in [-0.15, -0.1) is 19.9 Å². The Balaban J connectivity index is 1.68. The van der Waals surface area contributed by atoms with Crippen LogP contribution in [0.25, 0.3) is 22.8 Å². The summed E-state index contributed by atoms with van der Waals surface area (Å²) in [6, 6.07) is 19.4. The molecule has 0 saturated carbocycles. The van der Waals surface area contributed by atoms with Crippen molar-refractivity contribution in [2.24, 2.45) is 5.18 Å². The van der Waals surface area contributed by atoms with Gasteiger partial charge >= 0.3 is 0 Å². The lowest BCUT2D eigenvalue weighted by Crippen LogP contribution is -2.22. The molecular formula is C26H25N5O2. The summed E-state index contributed by atoms with van der Waals surface area (Å²) < 4.78 is 0. The topological polar surface area (TPSA) is 80.5 Å². The van der Waals surface area contributed by atoms with E-state index in [0.29, 0.717) is 17.9 Å². The Morgan fingerprint density at radius 2 is 1.73 bits per heavy atom. The Bertz CT molecular complexity index is 1310. The third kappa shape index (κ3) is 4.87. The van der Waals surface area contributed by atoms with Crippen LogP contribution in [0.1, 0.15) is 30.5 Å². The van der Waals surface area contributed by atoms with Gasteiger partial charge in [0.05, 0.1) is 0 Å². The summed E-state index contributed by atoms with van der Waals surface area (Å²) in [6.45, 7) is 6.83. The van der Waals surface area contributed by atoms with Gasteiger partial charge in [0.1, 0.15) is 22.4 Å². The second kappa shape index (κ2) is 9.56. The van der Waals surface area contributed by atoms with Gasteiger partial charge in [-0.3, -0.25) is 4.79 Å². The van der Waals surface area contributed by atoms with E-state index in [2.05, 4.69) is 27.2 Å². The zero-order valence-corrected chi connectivity index (χ0v) is 18.9. The first-order valence-corrected chi connectivity index (χ1v) is 10.8. The lowest BCUT2D eigenvalue weighted by Gasteiger charge is -2.24. The maximum Gasteiger partial charge on any atom is 0.152 e. The predicted octanol–water partition coefficient (Wildman–Crippen LogP) is 5.76. The van der Waals surface area contributed by atoms with Gasteiger partial charge in [0.2, 0.25) is 0 Å². The molecule has 166 valence electrons. The number of nitroso groups, excluding NO2 is 1. The predicted molar refractivity (Wildman–Crippen MR) is 132 cm³/mol. The van der Waals surface area contributed by atoms with Crippen molar-refractivity contribution < 1.29 is 4.79 Å². The summed E-state index contributed by atoms with van der Waals surface area (Å²) in [4.78, 5) is 26.8. The van der Waals surface area contributed by atoms with Gasteiger partial charge in [0.25, 0.3) is 0 Å². The number of carbonyl (C=O) groups excluding carboxylic acids is 1. The van der Waals surface area contributed by atoms with Crippen LogP contribution < -0.4 is 4.90 Å². The molecular weight excluding hydrogens is 414 g/mol. The van der Waals surface area contributed by atoms with E-state index >= 15 is 0 Å². The normalized spacial score (nSPS) is 11.2. The number of ketones is 1. The van der Waals surface area contributed by atoms with Crippen LogP contribution in [0.4, 0.5) is 11.4 Å². The molecule has 0 bridgehead atoms. The fourth-order valence-electron chi connectivity index (χ4n) is 3.78. The van der Waals surface area contributed by atoms with Crippen LogP contribution in [-0.2, 0) is 11.3 Å². The van der Waals surface area contributed by atoms with Crippen LogP contribution in [0.3, 0.4) is 0 Å². The molecule has 0 aliphatic rings. The van der Waals surface area contributed by atoms with Gasteiger partial charge in [-0.05, 0) is 73.5 Å². The summed E-state index contributed by atoms with van der Waals surface area (Å²) in [6.07, 6.45) is 3.35. The van der Waals surface area contributed by atoms with Gasteiger partial charge in [0.15, 0.2) is 5.78 Å². The molecule has 3 aromatic carbocycles. The molecule has 4 aromatic rings. The minimum Gasteiger partial charge on any atom is -0.367 e. The highest BCUT2D eigenvalue weighted by Crippen LogP contribution is 2.31. The number of anilines is 1. The number of benzene rings is 3. The lowest BCUT2D eigenvalue weighted by atomic mass is 10.1. The van der Waals surface area contributed by atoms with Crippen LogP contribution in [0, 0.1) is 11.8 Å². The Hall–Kier alpha value is -4.13. The molecule has 0 atom stereocenters. The molecule has 0 radical (unpaired) electrons. The third-order valence-corrected chi connectivity index (χ3v) is 5.42. The largest absolute Gasteiger partial charge is 0.367 e. The highest BCUT2D eigenvalue weighted by Gasteiger charge is 2.17. The van der Waals surface area contributed by atoms with E-state index in [1.165, 1.54) is 11.7 Å². The van der Waals surface area contributed by atoms with Gasteiger partial charge in [-0.2, -0.15) is 0 Å². The van der Waals surface area contributed by atoms with Crippen molar-refractivity contribution >= 4 is 34.3 Å². The minimum atomic E-state index is 0.0120. The molecule has 0 saturated heterocycles. The molecule has 4 rings (SSSR count). The summed E-state index contributed by atoms with van der Waals surface area (Å²) in [5, 5.41) is 12.4. The number of hydrogen-bond acceptors (Lipinski definition) is 6. The van der Waals surface area contributed by atoms with Crippen molar-refractivity contribution in [3.05, 3.63) is 88.3 Å². The fraction of sp³-hybridized carbons (Fsp3) is 0.192. The first-order valence-electron chi connectivity index (χ1n) is 10.8. The molecule has 0 unspecified atom stereocenters.